The van der Waals surface area contributed by atoms with E-state index in [1.165, 1.54) is 4.68 Å². The smallest absolute Gasteiger partial charge is 0.282 e. The Labute approximate surface area is 216 Å². The van der Waals surface area contributed by atoms with E-state index in [9.17, 15) is 4.79 Å². The molecule has 0 fully saturated rings. The van der Waals surface area contributed by atoms with Crippen molar-refractivity contribution in [2.24, 2.45) is 5.10 Å². The summed E-state index contributed by atoms with van der Waals surface area (Å²) in [6, 6.07) is 16.6. The minimum atomic E-state index is -0.244. The topological polar surface area (TPSA) is 65.7 Å². The number of nitrogens with zero attached hydrogens (tertiary/aromatic N) is 3. The highest BCUT2D eigenvalue weighted by Crippen LogP contribution is 2.34. The first-order valence-corrected chi connectivity index (χ1v) is 12.0. The number of methoxy groups -OCH3 is 1. The molecule has 0 spiro atoms. The van der Waals surface area contributed by atoms with Gasteiger partial charge in [0.1, 0.15) is 12.4 Å². The van der Waals surface area contributed by atoms with Gasteiger partial charge >= 0.3 is 0 Å². The van der Waals surface area contributed by atoms with Crippen molar-refractivity contribution >= 4 is 44.6 Å². The average Bonchev–Trinajstić information content (AvgIpc) is 2.84. The lowest BCUT2D eigenvalue weighted by Gasteiger charge is -2.16. The van der Waals surface area contributed by atoms with Gasteiger partial charge in [0.15, 0.2) is 11.5 Å². The standard InChI is InChI=1S/C27H23BrClN3O3/c1-4-5-20-12-19(13-25(34-3)26(20)35-16-18-6-9-22(29)10-7-18)15-30-32-17(2)31-24-11-8-21(28)14-23(24)27(32)33/h4,6-15H,1,5,16H2,2-3H3. The zero-order valence-electron chi connectivity index (χ0n) is 19.3. The van der Waals surface area contributed by atoms with Crippen molar-refractivity contribution in [1.82, 2.24) is 9.66 Å². The molecule has 8 heteroatoms. The summed E-state index contributed by atoms with van der Waals surface area (Å²) in [6.45, 7) is 5.97. The summed E-state index contributed by atoms with van der Waals surface area (Å²) < 4.78 is 13.8. The third-order valence-corrected chi connectivity index (χ3v) is 6.07. The lowest BCUT2D eigenvalue weighted by Crippen LogP contribution is -2.20. The molecular weight excluding hydrogens is 530 g/mol. The van der Waals surface area contributed by atoms with Crippen molar-refractivity contribution in [2.45, 2.75) is 20.0 Å². The van der Waals surface area contributed by atoms with Gasteiger partial charge in [0.05, 0.1) is 24.2 Å². The summed E-state index contributed by atoms with van der Waals surface area (Å²) in [4.78, 5) is 17.5. The number of allylic oxidation sites excluding steroid dienone is 1. The molecule has 0 radical (unpaired) electrons. The molecule has 178 valence electrons. The van der Waals surface area contributed by atoms with Crippen LogP contribution in [-0.2, 0) is 13.0 Å². The van der Waals surface area contributed by atoms with Gasteiger partial charge in [-0.3, -0.25) is 4.79 Å². The van der Waals surface area contributed by atoms with Gasteiger partial charge < -0.3 is 9.47 Å². The quantitative estimate of drug-likeness (QED) is 0.190. The van der Waals surface area contributed by atoms with E-state index in [2.05, 4.69) is 32.6 Å². The number of hydrogen-bond acceptors (Lipinski definition) is 5. The first kappa shape index (κ1) is 24.7. The summed E-state index contributed by atoms with van der Waals surface area (Å²) in [5.74, 6) is 1.68. The Balaban J connectivity index is 1.69. The predicted octanol–water partition coefficient (Wildman–Crippen LogP) is 6.32. The molecule has 0 N–H and O–H groups in total. The van der Waals surface area contributed by atoms with E-state index < -0.39 is 0 Å². The van der Waals surface area contributed by atoms with E-state index in [0.717, 1.165) is 21.2 Å². The zero-order valence-corrected chi connectivity index (χ0v) is 21.6. The fourth-order valence-electron chi connectivity index (χ4n) is 3.64. The first-order valence-electron chi connectivity index (χ1n) is 10.8. The maximum absolute atomic E-state index is 13.0. The summed E-state index contributed by atoms with van der Waals surface area (Å²) in [7, 11) is 1.59. The molecule has 0 saturated heterocycles. The lowest BCUT2D eigenvalue weighted by molar-refractivity contribution is 0.282. The van der Waals surface area contributed by atoms with Crippen LogP contribution in [0, 0.1) is 6.92 Å². The second kappa shape index (κ2) is 10.9. The van der Waals surface area contributed by atoms with Crippen LogP contribution in [0.5, 0.6) is 11.5 Å². The predicted molar refractivity (Wildman–Crippen MR) is 144 cm³/mol. The molecule has 6 nitrogen and oxygen atoms in total. The van der Waals surface area contributed by atoms with E-state index in [1.54, 1.807) is 38.5 Å². The van der Waals surface area contributed by atoms with Crippen LogP contribution in [0.2, 0.25) is 5.02 Å². The Kier molecular flexibility index (Phi) is 7.68. The molecule has 35 heavy (non-hydrogen) atoms. The van der Waals surface area contributed by atoms with Gasteiger partial charge in [-0.05, 0) is 66.9 Å². The molecule has 0 atom stereocenters. The van der Waals surface area contributed by atoms with E-state index in [1.807, 2.05) is 42.5 Å². The number of benzene rings is 3. The van der Waals surface area contributed by atoms with E-state index in [0.29, 0.717) is 46.3 Å². The fourth-order valence-corrected chi connectivity index (χ4v) is 4.12. The van der Waals surface area contributed by atoms with Gasteiger partial charge in [0.2, 0.25) is 0 Å². The molecule has 0 amide bonds. The highest BCUT2D eigenvalue weighted by Gasteiger charge is 2.13. The molecule has 0 aliphatic carbocycles. The second-order valence-electron chi connectivity index (χ2n) is 7.80. The van der Waals surface area contributed by atoms with Crippen LogP contribution in [0.4, 0.5) is 0 Å². The average molecular weight is 553 g/mol. The summed E-state index contributed by atoms with van der Waals surface area (Å²) in [5, 5.41) is 5.59. The van der Waals surface area contributed by atoms with Crippen molar-refractivity contribution in [3.63, 3.8) is 0 Å². The van der Waals surface area contributed by atoms with Crippen LogP contribution in [-0.4, -0.2) is 23.0 Å². The molecular formula is C27H23BrClN3O3. The molecule has 0 unspecified atom stereocenters. The Morgan fingerprint density at radius 2 is 1.94 bits per heavy atom. The summed E-state index contributed by atoms with van der Waals surface area (Å²) in [5.41, 5.74) is 3.00. The molecule has 3 aromatic carbocycles. The molecule has 1 heterocycles. The van der Waals surface area contributed by atoms with Crippen molar-refractivity contribution < 1.29 is 9.47 Å². The molecule has 4 aromatic rings. The van der Waals surface area contributed by atoms with Crippen molar-refractivity contribution in [3.8, 4) is 11.5 Å². The SMILES string of the molecule is C=CCc1cc(C=Nn2c(C)nc3ccc(Br)cc3c2=O)cc(OC)c1OCc1ccc(Cl)cc1. The van der Waals surface area contributed by atoms with Gasteiger partial charge in [-0.2, -0.15) is 9.78 Å². The number of aromatic nitrogens is 2. The number of halogens is 2. The first-order chi connectivity index (χ1) is 16.9. The molecule has 4 rings (SSSR count). The molecule has 1 aromatic heterocycles. The van der Waals surface area contributed by atoms with Crippen LogP contribution in [0.15, 0.2) is 81.6 Å². The Morgan fingerprint density at radius 3 is 2.66 bits per heavy atom. The van der Waals surface area contributed by atoms with Gasteiger partial charge in [-0.1, -0.05) is 45.7 Å². The van der Waals surface area contributed by atoms with Crippen LogP contribution in [0.25, 0.3) is 10.9 Å². The monoisotopic (exact) mass is 551 g/mol. The highest BCUT2D eigenvalue weighted by molar-refractivity contribution is 9.10. The second-order valence-corrected chi connectivity index (χ2v) is 9.15. The largest absolute Gasteiger partial charge is 0.493 e. The maximum Gasteiger partial charge on any atom is 0.282 e. The lowest BCUT2D eigenvalue weighted by atomic mass is 10.1. The Morgan fingerprint density at radius 1 is 1.17 bits per heavy atom. The summed E-state index contributed by atoms with van der Waals surface area (Å²) in [6.07, 6.45) is 3.97. The number of aryl methyl sites for hydroxylation is 1. The van der Waals surface area contributed by atoms with Crippen LogP contribution in [0.1, 0.15) is 22.5 Å². The molecule has 0 aliphatic rings. The van der Waals surface area contributed by atoms with E-state index in [4.69, 9.17) is 21.1 Å². The van der Waals surface area contributed by atoms with Crippen LogP contribution in [0.3, 0.4) is 0 Å². The van der Waals surface area contributed by atoms with Gasteiger partial charge in [-0.25, -0.2) is 4.98 Å². The van der Waals surface area contributed by atoms with Crippen LogP contribution >= 0.6 is 27.5 Å². The Bertz CT molecular complexity index is 1480. The van der Waals surface area contributed by atoms with Crippen molar-refractivity contribution in [1.29, 1.82) is 0 Å². The Hall–Kier alpha value is -3.42. The molecule has 0 aliphatic heterocycles. The molecule has 0 saturated carbocycles. The van der Waals surface area contributed by atoms with E-state index >= 15 is 0 Å². The van der Waals surface area contributed by atoms with Gasteiger partial charge in [0.25, 0.3) is 5.56 Å². The number of ether oxygens (including phenoxy) is 2. The normalized spacial score (nSPS) is 11.2. The zero-order chi connectivity index (χ0) is 24.9. The third kappa shape index (κ3) is 5.63. The third-order valence-electron chi connectivity index (χ3n) is 5.33. The number of hydrogen-bond donors (Lipinski definition) is 0. The van der Waals surface area contributed by atoms with Gasteiger partial charge in [0, 0.05) is 15.1 Å². The van der Waals surface area contributed by atoms with Gasteiger partial charge in [-0.15, -0.1) is 6.58 Å². The minimum Gasteiger partial charge on any atom is -0.493 e. The fraction of sp³-hybridized carbons (Fsp3) is 0.148. The highest BCUT2D eigenvalue weighted by atomic mass is 79.9. The van der Waals surface area contributed by atoms with E-state index in [-0.39, 0.29) is 5.56 Å². The number of fused-ring (bicyclic) bond motifs is 1. The van der Waals surface area contributed by atoms with Crippen LogP contribution < -0.4 is 15.0 Å². The number of rotatable bonds is 8. The van der Waals surface area contributed by atoms with Crippen molar-refractivity contribution in [2.75, 3.05) is 7.11 Å². The minimum absolute atomic E-state index is 0.244. The summed E-state index contributed by atoms with van der Waals surface area (Å²) >= 11 is 9.39. The van der Waals surface area contributed by atoms with Crippen molar-refractivity contribution in [3.05, 3.63) is 110 Å². The molecule has 0 bridgehead atoms. The maximum atomic E-state index is 13.0.